The highest BCUT2D eigenvalue weighted by Gasteiger charge is 2.18. The Hall–Kier alpha value is -1.59. The minimum atomic E-state index is 0.0682. The van der Waals surface area contributed by atoms with Crippen LogP contribution in [-0.2, 0) is 4.79 Å². The molecule has 5 nitrogen and oxygen atoms in total. The van der Waals surface area contributed by atoms with Crippen LogP contribution < -0.4 is 16.0 Å². The Balaban J connectivity index is 1.75. The van der Waals surface area contributed by atoms with Crippen molar-refractivity contribution in [1.29, 1.82) is 0 Å². The maximum atomic E-state index is 11.6. The van der Waals surface area contributed by atoms with Gasteiger partial charge in [0.2, 0.25) is 5.91 Å². The molecule has 0 atom stereocenters. The summed E-state index contributed by atoms with van der Waals surface area (Å²) < 4.78 is 0. The van der Waals surface area contributed by atoms with Crippen LogP contribution in [0.25, 0.3) is 0 Å². The van der Waals surface area contributed by atoms with Crippen LogP contribution in [0.15, 0.2) is 30.3 Å². The van der Waals surface area contributed by atoms with Gasteiger partial charge in [0.15, 0.2) is 0 Å². The fourth-order valence-electron chi connectivity index (χ4n) is 2.27. The Morgan fingerprint density at radius 1 is 1.16 bits per heavy atom. The molecule has 0 spiro atoms. The van der Waals surface area contributed by atoms with E-state index in [1.807, 2.05) is 6.07 Å². The van der Waals surface area contributed by atoms with Gasteiger partial charge in [-0.1, -0.05) is 18.2 Å². The molecule has 0 radical (unpaired) electrons. The molecule has 0 saturated carbocycles. The van der Waals surface area contributed by atoms with Gasteiger partial charge in [0, 0.05) is 45.0 Å². The van der Waals surface area contributed by atoms with E-state index in [0.717, 1.165) is 26.2 Å². The highest BCUT2D eigenvalue weighted by Crippen LogP contribution is 2.15. The lowest BCUT2D eigenvalue weighted by Crippen LogP contribution is -2.49. The molecule has 0 bridgehead atoms. The molecule has 1 amide bonds. The van der Waals surface area contributed by atoms with Crippen LogP contribution in [0.3, 0.4) is 0 Å². The van der Waals surface area contributed by atoms with Gasteiger partial charge < -0.3 is 16.0 Å². The van der Waals surface area contributed by atoms with Gasteiger partial charge in [0.1, 0.15) is 0 Å². The zero-order valence-corrected chi connectivity index (χ0v) is 11.2. The summed E-state index contributed by atoms with van der Waals surface area (Å²) in [7, 11) is 0. The monoisotopic (exact) mass is 262 g/mol. The summed E-state index contributed by atoms with van der Waals surface area (Å²) in [5.74, 6) is 0.0682. The van der Waals surface area contributed by atoms with Gasteiger partial charge in [0.25, 0.3) is 0 Å². The number of carbonyl (C=O) groups is 1. The lowest BCUT2D eigenvalue weighted by Gasteiger charge is -2.35. The van der Waals surface area contributed by atoms with Gasteiger partial charge in [-0.15, -0.1) is 0 Å². The normalized spacial score (nSPS) is 16.4. The second kappa shape index (κ2) is 7.11. The molecule has 1 aliphatic heterocycles. The molecule has 1 heterocycles. The van der Waals surface area contributed by atoms with Gasteiger partial charge in [0.05, 0.1) is 6.54 Å². The number of hydrogen-bond acceptors (Lipinski definition) is 4. The summed E-state index contributed by atoms with van der Waals surface area (Å²) >= 11 is 0. The first-order valence-corrected chi connectivity index (χ1v) is 6.78. The maximum Gasteiger partial charge on any atom is 0.234 e. The van der Waals surface area contributed by atoms with E-state index in [-0.39, 0.29) is 5.91 Å². The molecule has 0 aliphatic carbocycles. The minimum absolute atomic E-state index is 0.0682. The zero-order valence-electron chi connectivity index (χ0n) is 11.2. The summed E-state index contributed by atoms with van der Waals surface area (Å²) in [5, 5.41) is 2.80. The average molecular weight is 262 g/mol. The number of hydrogen-bond donors (Lipinski definition) is 2. The second-order valence-corrected chi connectivity index (χ2v) is 4.74. The van der Waals surface area contributed by atoms with Gasteiger partial charge in [-0.05, 0) is 12.1 Å². The van der Waals surface area contributed by atoms with Crippen molar-refractivity contribution in [1.82, 2.24) is 10.2 Å². The van der Waals surface area contributed by atoms with Gasteiger partial charge in [-0.2, -0.15) is 0 Å². The first-order chi connectivity index (χ1) is 9.29. The van der Waals surface area contributed by atoms with Crippen LogP contribution in [0.5, 0.6) is 0 Å². The Kier molecular flexibility index (Phi) is 5.18. The van der Waals surface area contributed by atoms with Gasteiger partial charge in [-0.3, -0.25) is 9.69 Å². The first-order valence-electron chi connectivity index (χ1n) is 6.78. The van der Waals surface area contributed by atoms with E-state index < -0.39 is 0 Å². The third-order valence-electron chi connectivity index (χ3n) is 3.33. The molecule has 19 heavy (non-hydrogen) atoms. The number of rotatable bonds is 5. The van der Waals surface area contributed by atoms with Crippen molar-refractivity contribution in [3.8, 4) is 0 Å². The molecule has 0 unspecified atom stereocenters. The molecule has 1 aromatic rings. The van der Waals surface area contributed by atoms with Crippen molar-refractivity contribution in [2.24, 2.45) is 5.73 Å². The summed E-state index contributed by atoms with van der Waals surface area (Å²) in [6.07, 6.45) is 0. The molecule has 104 valence electrons. The molecule has 0 aromatic heterocycles. The molecule has 1 aromatic carbocycles. The predicted octanol–water partition coefficient (Wildman–Crippen LogP) is -0.116. The predicted molar refractivity (Wildman–Crippen MR) is 77.2 cm³/mol. The van der Waals surface area contributed by atoms with Crippen LogP contribution in [0.4, 0.5) is 5.69 Å². The highest BCUT2D eigenvalue weighted by molar-refractivity contribution is 5.78. The van der Waals surface area contributed by atoms with E-state index in [2.05, 4.69) is 39.4 Å². The van der Waals surface area contributed by atoms with E-state index in [0.29, 0.717) is 19.6 Å². The van der Waals surface area contributed by atoms with Crippen molar-refractivity contribution in [2.45, 2.75) is 0 Å². The van der Waals surface area contributed by atoms with Gasteiger partial charge in [-0.25, -0.2) is 0 Å². The Morgan fingerprint density at radius 3 is 2.47 bits per heavy atom. The summed E-state index contributed by atoms with van der Waals surface area (Å²) in [4.78, 5) is 16.1. The summed E-state index contributed by atoms with van der Waals surface area (Å²) in [6.45, 7) is 5.30. The van der Waals surface area contributed by atoms with Crippen LogP contribution in [0.1, 0.15) is 0 Å². The Bertz CT molecular complexity index is 388. The molecule has 3 N–H and O–H groups in total. The summed E-state index contributed by atoms with van der Waals surface area (Å²) in [6, 6.07) is 10.4. The molecule has 2 rings (SSSR count). The topological polar surface area (TPSA) is 61.6 Å². The molecule has 1 aliphatic rings. The molecular weight excluding hydrogens is 240 g/mol. The standard InChI is InChI=1S/C14H22N4O/c15-6-7-16-14(19)12-17-8-10-18(11-9-17)13-4-2-1-3-5-13/h1-5H,6-12,15H2,(H,16,19). The third-order valence-corrected chi connectivity index (χ3v) is 3.33. The fraction of sp³-hybridized carbons (Fsp3) is 0.500. The average Bonchev–Trinajstić information content (AvgIpc) is 2.47. The quantitative estimate of drug-likeness (QED) is 0.777. The van der Waals surface area contributed by atoms with E-state index in [1.54, 1.807) is 0 Å². The molecule has 1 saturated heterocycles. The highest BCUT2D eigenvalue weighted by atomic mass is 16.2. The van der Waals surface area contributed by atoms with Crippen molar-refractivity contribution in [3.05, 3.63) is 30.3 Å². The molecule has 1 fully saturated rings. The van der Waals surface area contributed by atoms with E-state index in [4.69, 9.17) is 5.73 Å². The van der Waals surface area contributed by atoms with Crippen LogP contribution in [0.2, 0.25) is 0 Å². The molecule has 5 heteroatoms. The van der Waals surface area contributed by atoms with Crippen molar-refractivity contribution in [2.75, 3.05) is 50.7 Å². The first kappa shape index (κ1) is 13.8. The fourth-order valence-corrected chi connectivity index (χ4v) is 2.27. The number of benzene rings is 1. The zero-order chi connectivity index (χ0) is 13.5. The second-order valence-electron chi connectivity index (χ2n) is 4.74. The van der Waals surface area contributed by atoms with E-state index in [9.17, 15) is 4.79 Å². The lowest BCUT2D eigenvalue weighted by atomic mass is 10.2. The number of anilines is 1. The number of nitrogens with one attached hydrogen (secondary N) is 1. The minimum Gasteiger partial charge on any atom is -0.369 e. The van der Waals surface area contributed by atoms with Crippen LogP contribution >= 0.6 is 0 Å². The maximum absolute atomic E-state index is 11.6. The number of nitrogens with two attached hydrogens (primary N) is 1. The van der Waals surface area contributed by atoms with Crippen molar-refractivity contribution < 1.29 is 4.79 Å². The largest absolute Gasteiger partial charge is 0.369 e. The number of amides is 1. The Labute approximate surface area is 114 Å². The number of nitrogens with zero attached hydrogens (tertiary/aromatic N) is 2. The van der Waals surface area contributed by atoms with Crippen molar-refractivity contribution in [3.63, 3.8) is 0 Å². The third kappa shape index (κ3) is 4.22. The van der Waals surface area contributed by atoms with Crippen LogP contribution in [-0.4, -0.2) is 56.6 Å². The van der Waals surface area contributed by atoms with Crippen molar-refractivity contribution >= 4 is 11.6 Å². The van der Waals surface area contributed by atoms with Crippen LogP contribution in [0, 0.1) is 0 Å². The lowest BCUT2D eigenvalue weighted by molar-refractivity contribution is -0.122. The summed E-state index contributed by atoms with van der Waals surface area (Å²) in [5.41, 5.74) is 6.62. The van der Waals surface area contributed by atoms with E-state index in [1.165, 1.54) is 5.69 Å². The smallest absolute Gasteiger partial charge is 0.234 e. The van der Waals surface area contributed by atoms with E-state index >= 15 is 0 Å². The van der Waals surface area contributed by atoms with Gasteiger partial charge >= 0.3 is 0 Å². The molecular formula is C14H22N4O. The Morgan fingerprint density at radius 2 is 1.84 bits per heavy atom. The number of carbonyl (C=O) groups excluding carboxylic acids is 1. The SMILES string of the molecule is NCCNC(=O)CN1CCN(c2ccccc2)CC1. The number of para-hydroxylation sites is 1. The number of piperazine rings is 1.